The summed E-state index contributed by atoms with van der Waals surface area (Å²) in [5.41, 5.74) is 1.30. The fourth-order valence-electron chi connectivity index (χ4n) is 1.13. The average Bonchev–Trinajstić information content (AvgIpc) is 2.18. The highest BCUT2D eigenvalue weighted by atomic mass is 16.4. The Hall–Kier alpha value is -2.08. The van der Waals surface area contributed by atoms with Crippen LogP contribution in [0.4, 0.5) is 0 Å². The minimum Gasteiger partial charge on any atom is -0.481 e. The number of nitrogens with zero attached hydrogens (tertiary/aromatic N) is 1. The molecule has 3 heteroatoms. The largest absolute Gasteiger partial charge is 0.481 e. The zero-order valence-electron chi connectivity index (χ0n) is 7.47. The molecule has 70 valence electrons. The van der Waals surface area contributed by atoms with E-state index in [9.17, 15) is 4.79 Å². The minimum atomic E-state index is -0.935. The molecule has 0 aliphatic rings. The van der Waals surface area contributed by atoms with Crippen molar-refractivity contribution < 1.29 is 9.90 Å². The van der Waals surface area contributed by atoms with Crippen molar-refractivity contribution >= 4 is 11.5 Å². The van der Waals surface area contributed by atoms with Crippen molar-refractivity contribution in [3.63, 3.8) is 0 Å². The summed E-state index contributed by atoms with van der Waals surface area (Å²) in [7, 11) is 0. The van der Waals surface area contributed by atoms with Crippen molar-refractivity contribution in [2.45, 2.75) is 6.42 Å². The second-order valence-electron chi connectivity index (χ2n) is 2.74. The van der Waals surface area contributed by atoms with Crippen LogP contribution in [0.25, 0.3) is 5.57 Å². The summed E-state index contributed by atoms with van der Waals surface area (Å²) in [6.07, 6.45) is 1.14. The monoisotopic (exact) mass is 187 g/mol. The first-order chi connectivity index (χ1) is 6.74. The van der Waals surface area contributed by atoms with Gasteiger partial charge in [0.25, 0.3) is 0 Å². The second-order valence-corrected chi connectivity index (χ2v) is 2.74. The maximum Gasteiger partial charge on any atom is 0.307 e. The van der Waals surface area contributed by atoms with Crippen LogP contribution < -0.4 is 0 Å². The number of rotatable bonds is 3. The number of carbonyl (C=O) groups is 1. The van der Waals surface area contributed by atoms with Crippen molar-refractivity contribution in [3.05, 3.63) is 42.0 Å². The van der Waals surface area contributed by atoms with Gasteiger partial charge in [0.1, 0.15) is 0 Å². The Morgan fingerprint density at radius 1 is 1.43 bits per heavy atom. The van der Waals surface area contributed by atoms with E-state index in [0.717, 1.165) is 5.56 Å². The molecule has 3 nitrogen and oxygen atoms in total. The van der Waals surface area contributed by atoms with Gasteiger partial charge < -0.3 is 5.11 Å². The molecule has 1 aromatic carbocycles. The molecule has 0 fully saturated rings. The van der Waals surface area contributed by atoms with Crippen molar-refractivity contribution in [1.82, 2.24) is 0 Å². The van der Waals surface area contributed by atoms with E-state index in [1.807, 2.05) is 24.3 Å². The van der Waals surface area contributed by atoms with Gasteiger partial charge in [-0.2, -0.15) is 5.26 Å². The molecule has 1 rings (SSSR count). The quantitative estimate of drug-likeness (QED) is 0.737. The third-order valence-corrected chi connectivity index (χ3v) is 1.73. The second kappa shape index (κ2) is 4.83. The van der Waals surface area contributed by atoms with Gasteiger partial charge in [0.2, 0.25) is 0 Å². The lowest BCUT2D eigenvalue weighted by atomic mass is 10.0. The molecule has 0 amide bonds. The molecule has 0 aromatic heterocycles. The van der Waals surface area contributed by atoms with E-state index in [1.54, 1.807) is 12.1 Å². The lowest BCUT2D eigenvalue weighted by molar-refractivity contribution is -0.135. The van der Waals surface area contributed by atoms with Crippen LogP contribution in [0.5, 0.6) is 0 Å². The highest BCUT2D eigenvalue weighted by Gasteiger charge is 2.05. The first-order valence-electron chi connectivity index (χ1n) is 4.10. The van der Waals surface area contributed by atoms with Gasteiger partial charge in [-0.15, -0.1) is 0 Å². The van der Waals surface area contributed by atoms with Gasteiger partial charge in [0.15, 0.2) is 0 Å². The standard InChI is InChI=1S/C11H9NO2/c12-7-6-10(8-11(13)14)9-4-2-1-3-5-9/h1-6H,8H2,(H,13,14). The van der Waals surface area contributed by atoms with Crippen LogP contribution in [0.1, 0.15) is 12.0 Å². The van der Waals surface area contributed by atoms with Gasteiger partial charge in [-0.1, -0.05) is 30.3 Å². The van der Waals surface area contributed by atoms with E-state index < -0.39 is 5.97 Å². The van der Waals surface area contributed by atoms with Gasteiger partial charge in [-0.3, -0.25) is 4.79 Å². The highest BCUT2D eigenvalue weighted by molar-refractivity contribution is 5.84. The number of nitriles is 1. The van der Waals surface area contributed by atoms with Gasteiger partial charge in [-0.05, 0) is 11.1 Å². The molecule has 0 atom stereocenters. The highest BCUT2D eigenvalue weighted by Crippen LogP contribution is 2.17. The maximum atomic E-state index is 10.5. The van der Waals surface area contributed by atoms with E-state index in [0.29, 0.717) is 5.57 Å². The molecule has 1 N–H and O–H groups in total. The number of aliphatic carboxylic acids is 1. The van der Waals surface area contributed by atoms with Crippen LogP contribution in [0, 0.1) is 11.3 Å². The lowest BCUT2D eigenvalue weighted by Gasteiger charge is -2.02. The summed E-state index contributed by atoms with van der Waals surface area (Å²) in [5, 5.41) is 17.1. The summed E-state index contributed by atoms with van der Waals surface area (Å²) in [4.78, 5) is 10.5. The Labute approximate surface area is 81.9 Å². The van der Waals surface area contributed by atoms with Crippen molar-refractivity contribution in [2.24, 2.45) is 0 Å². The molecule has 14 heavy (non-hydrogen) atoms. The molecule has 0 radical (unpaired) electrons. The van der Waals surface area contributed by atoms with Crippen molar-refractivity contribution in [2.75, 3.05) is 0 Å². The third kappa shape index (κ3) is 2.76. The van der Waals surface area contributed by atoms with E-state index in [2.05, 4.69) is 0 Å². The van der Waals surface area contributed by atoms with E-state index in [4.69, 9.17) is 10.4 Å². The first-order valence-corrected chi connectivity index (χ1v) is 4.10. The fraction of sp³-hybridized carbons (Fsp3) is 0.0909. The topological polar surface area (TPSA) is 61.1 Å². The fourth-order valence-corrected chi connectivity index (χ4v) is 1.13. The number of allylic oxidation sites excluding steroid dienone is 1. The van der Waals surface area contributed by atoms with Gasteiger partial charge in [-0.25, -0.2) is 0 Å². The number of hydrogen-bond acceptors (Lipinski definition) is 2. The zero-order chi connectivity index (χ0) is 10.4. The average molecular weight is 187 g/mol. The molecule has 0 heterocycles. The van der Waals surface area contributed by atoms with Crippen LogP contribution in [0.3, 0.4) is 0 Å². The number of benzene rings is 1. The molecular weight excluding hydrogens is 178 g/mol. The Balaban J connectivity index is 2.97. The number of carboxylic acid groups (broad SMARTS) is 1. The van der Waals surface area contributed by atoms with E-state index >= 15 is 0 Å². The van der Waals surface area contributed by atoms with Gasteiger partial charge >= 0.3 is 5.97 Å². The molecule has 0 spiro atoms. The Morgan fingerprint density at radius 3 is 2.57 bits per heavy atom. The van der Waals surface area contributed by atoms with Crippen molar-refractivity contribution in [3.8, 4) is 6.07 Å². The maximum absolute atomic E-state index is 10.5. The van der Waals surface area contributed by atoms with E-state index in [-0.39, 0.29) is 6.42 Å². The lowest BCUT2D eigenvalue weighted by Crippen LogP contribution is -1.96. The van der Waals surface area contributed by atoms with Crippen LogP contribution in [0.2, 0.25) is 0 Å². The Bertz CT molecular complexity index is 387. The van der Waals surface area contributed by atoms with Crippen LogP contribution in [-0.4, -0.2) is 11.1 Å². The first kappa shape index (κ1) is 10.0. The SMILES string of the molecule is N#CC=C(CC(=O)O)c1ccccc1. The molecule has 1 aromatic rings. The zero-order valence-corrected chi connectivity index (χ0v) is 7.47. The molecular formula is C11H9NO2. The molecule has 0 bridgehead atoms. The smallest absolute Gasteiger partial charge is 0.307 e. The number of carboxylic acids is 1. The normalized spacial score (nSPS) is 10.6. The Morgan fingerprint density at radius 2 is 2.07 bits per heavy atom. The van der Waals surface area contributed by atoms with Crippen LogP contribution in [0.15, 0.2) is 36.4 Å². The summed E-state index contributed by atoms with van der Waals surface area (Å²) >= 11 is 0. The summed E-state index contributed by atoms with van der Waals surface area (Å²) in [6.45, 7) is 0. The van der Waals surface area contributed by atoms with E-state index in [1.165, 1.54) is 6.08 Å². The minimum absolute atomic E-state index is 0.127. The van der Waals surface area contributed by atoms with Gasteiger partial charge in [0, 0.05) is 6.08 Å². The molecule has 0 saturated carbocycles. The Kier molecular flexibility index (Phi) is 3.45. The molecule has 0 unspecified atom stereocenters. The molecule has 0 aliphatic carbocycles. The summed E-state index contributed by atoms with van der Waals surface area (Å²) < 4.78 is 0. The van der Waals surface area contributed by atoms with Gasteiger partial charge in [0.05, 0.1) is 12.5 Å². The third-order valence-electron chi connectivity index (χ3n) is 1.73. The van der Waals surface area contributed by atoms with Crippen LogP contribution >= 0.6 is 0 Å². The van der Waals surface area contributed by atoms with Crippen LogP contribution in [-0.2, 0) is 4.79 Å². The van der Waals surface area contributed by atoms with Crippen molar-refractivity contribution in [1.29, 1.82) is 5.26 Å². The molecule has 0 aliphatic heterocycles. The predicted octanol–water partition coefficient (Wildman–Crippen LogP) is 2.07. The number of hydrogen-bond donors (Lipinski definition) is 1. The predicted molar refractivity (Wildman–Crippen MR) is 52.3 cm³/mol. The molecule has 0 saturated heterocycles. The summed E-state index contributed by atoms with van der Waals surface area (Å²) in [6, 6.07) is 10.9. The summed E-state index contributed by atoms with van der Waals surface area (Å²) in [5.74, 6) is -0.935.